The van der Waals surface area contributed by atoms with Crippen molar-refractivity contribution in [1.29, 1.82) is 0 Å². The number of hydrogen-bond donors (Lipinski definition) is 1. The van der Waals surface area contributed by atoms with Crippen molar-refractivity contribution in [3.8, 4) is 23.3 Å². The molecule has 1 atom stereocenters. The number of pyridine rings is 2. The van der Waals surface area contributed by atoms with E-state index in [1.54, 1.807) is 0 Å². The number of ether oxygens (including phenoxy) is 2. The van der Waals surface area contributed by atoms with Gasteiger partial charge in [-0.15, -0.1) is 0 Å². The SMILES string of the molecule is O=C(Cn1cncn1)c1cnc(Oc2ccc(Cl)cc2)cc1C(F)(F)F.OC(Cn1cncn1)c1cnc(Oc2ccc(Cl)cc2)cc1C(F)(F)F.[B].[H-].[Na+]. The van der Waals surface area contributed by atoms with Crippen LogP contribution in [0.1, 0.15) is 34.6 Å². The minimum absolute atomic E-state index is 0. The minimum Gasteiger partial charge on any atom is -1.00 e. The van der Waals surface area contributed by atoms with Crippen LogP contribution in [0.5, 0.6) is 23.3 Å². The first kappa shape index (κ1) is 43.9. The van der Waals surface area contributed by atoms with E-state index in [1.165, 1.54) is 78.5 Å². The molecule has 54 heavy (non-hydrogen) atoms. The zero-order chi connectivity index (χ0) is 37.5. The van der Waals surface area contributed by atoms with Crippen LogP contribution in [0.25, 0.3) is 0 Å². The van der Waals surface area contributed by atoms with Crippen LogP contribution in [0.3, 0.4) is 0 Å². The molecule has 6 aromatic rings. The summed E-state index contributed by atoms with van der Waals surface area (Å²) in [5.41, 5.74) is -3.13. The summed E-state index contributed by atoms with van der Waals surface area (Å²) in [6.45, 7) is -0.579. The van der Waals surface area contributed by atoms with Crippen molar-refractivity contribution in [2.45, 2.75) is 31.5 Å². The second-order valence-electron chi connectivity index (χ2n) is 10.4. The van der Waals surface area contributed by atoms with Gasteiger partial charge in [-0.2, -0.15) is 36.5 Å². The third-order valence-electron chi connectivity index (χ3n) is 6.73. The summed E-state index contributed by atoms with van der Waals surface area (Å²) in [5.74, 6) is -0.802. The number of benzene rings is 2. The molecule has 0 bridgehead atoms. The van der Waals surface area contributed by atoms with Crippen molar-refractivity contribution in [1.82, 2.24) is 39.5 Å². The Hall–Kier alpha value is -4.53. The number of aromatic nitrogens is 8. The normalized spacial score (nSPS) is 11.6. The number of carbonyl (C=O) groups is 1. The van der Waals surface area contributed by atoms with Gasteiger partial charge in [0.2, 0.25) is 11.8 Å². The topological polar surface area (TPSA) is 143 Å². The fraction of sp³-hybridized carbons (Fsp3) is 0.156. The Labute approximate surface area is 337 Å². The van der Waals surface area contributed by atoms with Crippen LogP contribution in [0, 0.1) is 0 Å². The molecule has 0 aliphatic rings. The molecule has 0 aliphatic carbocycles. The Kier molecular flexibility index (Phi) is 15.6. The van der Waals surface area contributed by atoms with E-state index in [4.69, 9.17) is 32.7 Å². The average molecular weight is 802 g/mol. The molecule has 6 rings (SSSR count). The van der Waals surface area contributed by atoms with E-state index in [-0.39, 0.29) is 81.3 Å². The van der Waals surface area contributed by atoms with Gasteiger partial charge >= 0.3 is 41.9 Å². The van der Waals surface area contributed by atoms with E-state index in [0.29, 0.717) is 16.1 Å². The predicted octanol–water partition coefficient (Wildman–Crippen LogP) is 4.63. The summed E-state index contributed by atoms with van der Waals surface area (Å²) in [6, 6.07) is 13.5. The molecule has 0 fully saturated rings. The van der Waals surface area contributed by atoms with Gasteiger partial charge in [0.1, 0.15) is 49.5 Å². The Balaban J connectivity index is 0.000000360. The number of rotatable bonds is 10. The molecule has 0 aliphatic heterocycles. The third-order valence-corrected chi connectivity index (χ3v) is 7.23. The second kappa shape index (κ2) is 19.2. The van der Waals surface area contributed by atoms with Crippen LogP contribution in [-0.4, -0.2) is 58.8 Å². The number of aliphatic hydroxyl groups excluding tert-OH is 1. The zero-order valence-corrected chi connectivity index (χ0v) is 31.1. The molecule has 1 unspecified atom stereocenters. The van der Waals surface area contributed by atoms with Crippen molar-refractivity contribution in [2.75, 3.05) is 0 Å². The molecule has 22 heteroatoms. The number of carbonyl (C=O) groups excluding carboxylic acids is 1. The smallest absolute Gasteiger partial charge is 1.00 e. The van der Waals surface area contributed by atoms with Gasteiger partial charge in [-0.05, 0) is 48.5 Å². The van der Waals surface area contributed by atoms with E-state index in [9.17, 15) is 36.2 Å². The fourth-order valence-corrected chi connectivity index (χ4v) is 4.61. The first-order valence-electron chi connectivity index (χ1n) is 14.5. The molecular weight excluding hydrogens is 779 g/mol. The van der Waals surface area contributed by atoms with Crippen LogP contribution in [0.4, 0.5) is 26.3 Å². The monoisotopic (exact) mass is 801 g/mol. The van der Waals surface area contributed by atoms with Crippen molar-refractivity contribution in [2.24, 2.45) is 0 Å². The maximum atomic E-state index is 13.4. The van der Waals surface area contributed by atoms with E-state index in [2.05, 4.69) is 30.1 Å². The third kappa shape index (κ3) is 12.3. The summed E-state index contributed by atoms with van der Waals surface area (Å²) in [5, 5.41) is 18.5. The molecule has 12 nitrogen and oxygen atoms in total. The number of ketones is 1. The summed E-state index contributed by atoms with van der Waals surface area (Å²) in [6.07, 6.45) is -4.21. The van der Waals surface area contributed by atoms with Gasteiger partial charge in [0.15, 0.2) is 5.78 Å². The van der Waals surface area contributed by atoms with Crippen molar-refractivity contribution in [3.05, 3.63) is 131 Å². The minimum atomic E-state index is -4.76. The van der Waals surface area contributed by atoms with Crippen LogP contribution in [0.15, 0.2) is 98.4 Å². The number of Topliss-reactive ketones (excluding diaryl/α,β-unsaturated/α-hetero) is 1. The molecule has 0 saturated carbocycles. The maximum Gasteiger partial charge on any atom is 1.00 e. The first-order chi connectivity index (χ1) is 24.7. The molecule has 4 aromatic heterocycles. The van der Waals surface area contributed by atoms with E-state index >= 15 is 0 Å². The molecule has 3 radical (unpaired) electrons. The van der Waals surface area contributed by atoms with Gasteiger partial charge in [-0.25, -0.2) is 24.6 Å². The molecule has 0 saturated heterocycles. The largest absolute Gasteiger partial charge is 1.00 e. The van der Waals surface area contributed by atoms with E-state index in [1.807, 2.05) is 0 Å². The maximum absolute atomic E-state index is 13.4. The van der Waals surface area contributed by atoms with Gasteiger partial charge < -0.3 is 16.0 Å². The van der Waals surface area contributed by atoms with Gasteiger partial charge in [0, 0.05) is 48.5 Å². The molecule has 0 amide bonds. The molecule has 4 heterocycles. The van der Waals surface area contributed by atoms with Crippen LogP contribution in [0.2, 0.25) is 10.0 Å². The Morgan fingerprint density at radius 3 is 1.69 bits per heavy atom. The fourth-order valence-electron chi connectivity index (χ4n) is 4.36. The van der Waals surface area contributed by atoms with Crippen LogP contribution >= 0.6 is 23.2 Å². The Morgan fingerprint density at radius 1 is 0.759 bits per heavy atom. The van der Waals surface area contributed by atoms with Gasteiger partial charge in [-0.3, -0.25) is 9.48 Å². The summed E-state index contributed by atoms with van der Waals surface area (Å²) >= 11 is 11.5. The molecule has 0 spiro atoms. The molecule has 1 N–H and O–H groups in total. The summed E-state index contributed by atoms with van der Waals surface area (Å²) in [7, 11) is 0. The second-order valence-corrected chi connectivity index (χ2v) is 11.3. The van der Waals surface area contributed by atoms with Gasteiger partial charge in [0.05, 0.1) is 23.2 Å². The number of alkyl halides is 6. The quantitative estimate of drug-likeness (QED) is 0.118. The molecular formula is C32H23BCl2F6N8NaO4. The van der Waals surface area contributed by atoms with E-state index < -0.39 is 40.9 Å². The van der Waals surface area contributed by atoms with E-state index in [0.717, 1.165) is 23.1 Å². The van der Waals surface area contributed by atoms with Crippen molar-refractivity contribution >= 4 is 37.4 Å². The van der Waals surface area contributed by atoms with Crippen LogP contribution < -0.4 is 39.0 Å². The Morgan fingerprint density at radius 2 is 1.22 bits per heavy atom. The van der Waals surface area contributed by atoms with Crippen LogP contribution in [-0.2, 0) is 25.4 Å². The van der Waals surface area contributed by atoms with Gasteiger partial charge in [0.25, 0.3) is 0 Å². The number of halogens is 8. The zero-order valence-electron chi connectivity index (χ0n) is 28.6. The molecule has 275 valence electrons. The summed E-state index contributed by atoms with van der Waals surface area (Å²) in [4.78, 5) is 27.2. The standard InChI is InChI=1S/C16H12ClF3N4O2.C16H10ClF3N4O2.B.Na.H/c2*17-10-1-3-11(4-2-10)26-15-5-13(16(18,19)20)12(6-22-15)14(25)7-24-9-21-8-23-24;;;/h1-6,8-9,14,25H,7H2;1-6,8-9H,7H2;;;/q;;;+1;-1. The number of aliphatic hydroxyl groups is 1. The van der Waals surface area contributed by atoms with Crippen molar-refractivity contribution < 1.29 is 76.7 Å². The van der Waals surface area contributed by atoms with Crippen molar-refractivity contribution in [3.63, 3.8) is 0 Å². The number of hydrogen-bond acceptors (Lipinski definition) is 10. The first-order valence-corrected chi connectivity index (χ1v) is 15.3. The average Bonchev–Trinajstić information content (AvgIpc) is 3.81. The number of nitrogens with zero attached hydrogens (tertiary/aromatic N) is 8. The molecule has 2 aromatic carbocycles. The summed E-state index contributed by atoms with van der Waals surface area (Å²) < 4.78 is 93.3. The van der Waals surface area contributed by atoms with Gasteiger partial charge in [-0.1, -0.05) is 23.2 Å². The predicted molar refractivity (Wildman–Crippen MR) is 178 cm³/mol. The Bertz CT molecular complexity index is 2100.